The molecule has 1 aliphatic heterocycles. The zero-order chi connectivity index (χ0) is 20.3. The summed E-state index contributed by atoms with van der Waals surface area (Å²) in [5.74, 6) is 0.128. The first-order valence-electron chi connectivity index (χ1n) is 8.84. The third-order valence-corrected chi connectivity index (χ3v) is 4.39. The fourth-order valence-electron chi connectivity index (χ4n) is 3.14. The predicted octanol–water partition coefficient (Wildman–Crippen LogP) is 3.04. The number of nitrogens with one attached hydrogen (secondary N) is 1. The van der Waals surface area contributed by atoms with Gasteiger partial charge in [-0.3, -0.25) is 9.59 Å². The SMILES string of the molecule is CC(=O)c1c(C)[nH]c(C(=O)COC(=O)C=Cc2ccc3c(c2)OCCO3)c1C. The Hall–Kier alpha value is -3.35. The van der Waals surface area contributed by atoms with E-state index in [1.165, 1.54) is 13.0 Å². The van der Waals surface area contributed by atoms with E-state index in [4.69, 9.17) is 14.2 Å². The van der Waals surface area contributed by atoms with Crippen LogP contribution in [0.1, 0.15) is 44.6 Å². The van der Waals surface area contributed by atoms with Gasteiger partial charge in [-0.25, -0.2) is 4.79 Å². The van der Waals surface area contributed by atoms with Gasteiger partial charge in [0.2, 0.25) is 5.78 Å². The molecule has 0 spiro atoms. The highest BCUT2D eigenvalue weighted by Gasteiger charge is 2.20. The maximum absolute atomic E-state index is 12.3. The first-order chi connectivity index (χ1) is 13.4. The van der Waals surface area contributed by atoms with Crippen LogP contribution >= 0.6 is 0 Å². The second-order valence-corrected chi connectivity index (χ2v) is 6.45. The number of Topliss-reactive ketones (excluding diaryl/α,β-unsaturated/α-hetero) is 2. The van der Waals surface area contributed by atoms with Gasteiger partial charge in [0.15, 0.2) is 23.9 Å². The number of carbonyl (C=O) groups is 3. The number of ether oxygens (including phenoxy) is 3. The van der Waals surface area contributed by atoms with Crippen LogP contribution in [0.25, 0.3) is 6.08 Å². The molecule has 0 radical (unpaired) electrons. The molecule has 0 unspecified atom stereocenters. The minimum absolute atomic E-state index is 0.121. The second-order valence-electron chi connectivity index (χ2n) is 6.45. The molecular weight excluding hydrogens is 362 g/mol. The Bertz CT molecular complexity index is 970. The van der Waals surface area contributed by atoms with Crippen LogP contribution in [0.15, 0.2) is 24.3 Å². The standard InChI is InChI=1S/C21H21NO6/c1-12-20(14(3)23)13(2)22-21(12)16(24)11-28-19(25)7-5-15-4-6-17-18(10-15)27-9-8-26-17/h4-7,10,22H,8-9,11H2,1-3H3. The van der Waals surface area contributed by atoms with Gasteiger partial charge in [-0.15, -0.1) is 0 Å². The molecule has 1 aromatic carbocycles. The van der Waals surface area contributed by atoms with E-state index in [1.54, 1.807) is 38.1 Å². The fourth-order valence-corrected chi connectivity index (χ4v) is 3.14. The van der Waals surface area contributed by atoms with Crippen molar-refractivity contribution in [3.05, 3.63) is 52.4 Å². The van der Waals surface area contributed by atoms with Gasteiger partial charge in [-0.05, 0) is 50.1 Å². The van der Waals surface area contributed by atoms with E-state index < -0.39 is 18.4 Å². The van der Waals surface area contributed by atoms with Crippen LogP contribution in [-0.2, 0) is 9.53 Å². The van der Waals surface area contributed by atoms with E-state index in [1.807, 2.05) is 0 Å². The van der Waals surface area contributed by atoms with E-state index in [2.05, 4.69) is 4.98 Å². The van der Waals surface area contributed by atoms with Crippen molar-refractivity contribution in [2.45, 2.75) is 20.8 Å². The molecule has 0 fully saturated rings. The fraction of sp³-hybridized carbons (Fsp3) is 0.286. The summed E-state index contributed by atoms with van der Waals surface area (Å²) in [5, 5.41) is 0. The first-order valence-corrected chi connectivity index (χ1v) is 8.84. The lowest BCUT2D eigenvalue weighted by molar-refractivity contribution is -0.136. The molecule has 1 N–H and O–H groups in total. The number of H-pyrrole nitrogens is 1. The highest BCUT2D eigenvalue weighted by atomic mass is 16.6. The minimum atomic E-state index is -0.643. The molecule has 146 valence electrons. The molecule has 0 bridgehead atoms. The van der Waals surface area contributed by atoms with E-state index in [0.29, 0.717) is 41.5 Å². The zero-order valence-electron chi connectivity index (χ0n) is 16.0. The van der Waals surface area contributed by atoms with Crippen LogP contribution in [0.2, 0.25) is 0 Å². The lowest BCUT2D eigenvalue weighted by Crippen LogP contribution is -2.15. The summed E-state index contributed by atoms with van der Waals surface area (Å²) in [6.07, 6.45) is 2.81. The van der Waals surface area contributed by atoms with Crippen LogP contribution < -0.4 is 9.47 Å². The third-order valence-electron chi connectivity index (χ3n) is 4.39. The maximum atomic E-state index is 12.3. The number of ketones is 2. The Kier molecular flexibility index (Phi) is 5.63. The van der Waals surface area contributed by atoms with Crippen molar-refractivity contribution >= 4 is 23.6 Å². The lowest BCUT2D eigenvalue weighted by Gasteiger charge is -2.18. The van der Waals surface area contributed by atoms with Crippen LogP contribution in [-0.4, -0.2) is 42.3 Å². The number of benzene rings is 1. The van der Waals surface area contributed by atoms with Gasteiger partial charge in [0, 0.05) is 17.3 Å². The number of fused-ring (bicyclic) bond motifs is 1. The quantitative estimate of drug-likeness (QED) is 0.468. The third kappa shape index (κ3) is 4.14. The Morgan fingerprint density at radius 2 is 1.86 bits per heavy atom. The van der Waals surface area contributed by atoms with Crippen LogP contribution in [0.3, 0.4) is 0 Å². The highest BCUT2D eigenvalue weighted by molar-refractivity contribution is 6.04. The Balaban J connectivity index is 1.60. The van der Waals surface area contributed by atoms with Crippen molar-refractivity contribution < 1.29 is 28.6 Å². The number of aromatic nitrogens is 1. The summed E-state index contributed by atoms with van der Waals surface area (Å²) >= 11 is 0. The minimum Gasteiger partial charge on any atom is -0.486 e. The average Bonchev–Trinajstić information content (AvgIpc) is 2.98. The summed E-state index contributed by atoms with van der Waals surface area (Å²) in [5.41, 5.74) is 2.71. The molecule has 7 nitrogen and oxygen atoms in total. The number of aromatic amines is 1. The molecule has 1 aromatic heterocycles. The van der Waals surface area contributed by atoms with Crippen molar-refractivity contribution in [1.82, 2.24) is 4.98 Å². The molecule has 7 heteroatoms. The average molecular weight is 383 g/mol. The lowest BCUT2D eigenvalue weighted by atomic mass is 10.1. The Labute approximate surface area is 162 Å². The Morgan fingerprint density at radius 1 is 1.14 bits per heavy atom. The van der Waals surface area contributed by atoms with Crippen LogP contribution in [0, 0.1) is 13.8 Å². The number of carbonyl (C=O) groups excluding carboxylic acids is 3. The van der Waals surface area contributed by atoms with E-state index >= 15 is 0 Å². The largest absolute Gasteiger partial charge is 0.486 e. The predicted molar refractivity (Wildman–Crippen MR) is 102 cm³/mol. The van der Waals surface area contributed by atoms with Gasteiger partial charge in [0.05, 0.1) is 5.69 Å². The van der Waals surface area contributed by atoms with Gasteiger partial charge < -0.3 is 19.2 Å². The van der Waals surface area contributed by atoms with Gasteiger partial charge in [-0.1, -0.05) is 6.07 Å². The van der Waals surface area contributed by atoms with Gasteiger partial charge >= 0.3 is 5.97 Å². The molecule has 3 rings (SSSR count). The van der Waals surface area contributed by atoms with E-state index in [0.717, 1.165) is 5.56 Å². The molecule has 2 aromatic rings. The van der Waals surface area contributed by atoms with Crippen molar-refractivity contribution in [1.29, 1.82) is 0 Å². The molecular formula is C21H21NO6. The van der Waals surface area contributed by atoms with Crippen LogP contribution in [0.4, 0.5) is 0 Å². The maximum Gasteiger partial charge on any atom is 0.331 e. The van der Waals surface area contributed by atoms with E-state index in [-0.39, 0.29) is 11.5 Å². The summed E-state index contributed by atoms with van der Waals surface area (Å²) in [7, 11) is 0. The molecule has 0 saturated carbocycles. The zero-order valence-corrected chi connectivity index (χ0v) is 16.0. The smallest absolute Gasteiger partial charge is 0.331 e. The monoisotopic (exact) mass is 383 g/mol. The van der Waals surface area contributed by atoms with E-state index in [9.17, 15) is 14.4 Å². The second kappa shape index (κ2) is 8.12. The van der Waals surface area contributed by atoms with Crippen molar-refractivity contribution in [3.63, 3.8) is 0 Å². The van der Waals surface area contributed by atoms with Crippen molar-refractivity contribution in [3.8, 4) is 11.5 Å². The molecule has 2 heterocycles. The number of rotatable bonds is 6. The number of hydrogen-bond donors (Lipinski definition) is 1. The molecule has 0 atom stereocenters. The summed E-state index contributed by atoms with van der Waals surface area (Å²) in [6, 6.07) is 5.32. The number of esters is 1. The topological polar surface area (TPSA) is 94.7 Å². The molecule has 28 heavy (non-hydrogen) atoms. The molecule has 0 amide bonds. The summed E-state index contributed by atoms with van der Waals surface area (Å²) < 4.78 is 16.0. The summed E-state index contributed by atoms with van der Waals surface area (Å²) in [4.78, 5) is 38.8. The molecule has 0 aliphatic carbocycles. The highest BCUT2D eigenvalue weighted by Crippen LogP contribution is 2.31. The molecule has 1 aliphatic rings. The van der Waals surface area contributed by atoms with Crippen molar-refractivity contribution in [2.24, 2.45) is 0 Å². The van der Waals surface area contributed by atoms with Crippen LogP contribution in [0.5, 0.6) is 11.5 Å². The van der Waals surface area contributed by atoms with Gasteiger partial charge in [0.25, 0.3) is 0 Å². The summed E-state index contributed by atoms with van der Waals surface area (Å²) in [6.45, 7) is 5.44. The normalized spacial score (nSPS) is 12.8. The van der Waals surface area contributed by atoms with Gasteiger partial charge in [-0.2, -0.15) is 0 Å². The number of hydrogen-bond acceptors (Lipinski definition) is 6. The van der Waals surface area contributed by atoms with Gasteiger partial charge in [0.1, 0.15) is 13.2 Å². The van der Waals surface area contributed by atoms with Crippen molar-refractivity contribution in [2.75, 3.05) is 19.8 Å². The first kappa shape index (κ1) is 19.4. The Morgan fingerprint density at radius 3 is 2.54 bits per heavy atom. The number of aryl methyl sites for hydroxylation is 1. The molecule has 0 saturated heterocycles.